The number of para-hydroxylation sites is 1. The topological polar surface area (TPSA) is 76.7 Å². The first-order valence-electron chi connectivity index (χ1n) is 9.49. The van der Waals surface area contributed by atoms with Crippen molar-refractivity contribution in [1.29, 1.82) is 0 Å². The maximum Gasteiger partial charge on any atom is 0.387 e. The SMILES string of the molecule is O=C1CC(NC(=O)[C@H]2C[C@H](Oc3cc(F)ccc3OC(F)F)C2)c2ccccc2N1. The first-order chi connectivity index (χ1) is 14.4. The Labute approximate surface area is 170 Å². The van der Waals surface area contributed by atoms with Gasteiger partial charge in [0.05, 0.1) is 12.5 Å². The van der Waals surface area contributed by atoms with Gasteiger partial charge in [-0.1, -0.05) is 18.2 Å². The molecule has 0 aromatic heterocycles. The molecular weight excluding hydrogens is 401 g/mol. The summed E-state index contributed by atoms with van der Waals surface area (Å²) < 4.78 is 48.4. The maximum absolute atomic E-state index is 13.5. The van der Waals surface area contributed by atoms with Crippen LogP contribution < -0.4 is 20.1 Å². The molecule has 158 valence electrons. The lowest BCUT2D eigenvalue weighted by Crippen LogP contribution is -2.45. The number of hydrogen-bond donors (Lipinski definition) is 2. The molecule has 1 heterocycles. The van der Waals surface area contributed by atoms with Gasteiger partial charge in [0, 0.05) is 17.7 Å². The van der Waals surface area contributed by atoms with Crippen molar-refractivity contribution in [2.75, 3.05) is 5.32 Å². The third-order valence-electron chi connectivity index (χ3n) is 5.20. The molecule has 0 bridgehead atoms. The highest BCUT2D eigenvalue weighted by molar-refractivity contribution is 5.95. The van der Waals surface area contributed by atoms with Crippen molar-refractivity contribution in [3.05, 3.63) is 53.8 Å². The van der Waals surface area contributed by atoms with Crippen molar-refractivity contribution in [3.63, 3.8) is 0 Å². The maximum atomic E-state index is 13.5. The number of fused-ring (bicyclic) bond motifs is 1. The molecule has 4 rings (SSSR count). The molecule has 0 saturated heterocycles. The van der Waals surface area contributed by atoms with Gasteiger partial charge in [0.25, 0.3) is 0 Å². The number of carbonyl (C=O) groups is 2. The largest absolute Gasteiger partial charge is 0.486 e. The molecule has 1 atom stereocenters. The van der Waals surface area contributed by atoms with Crippen LogP contribution in [0.2, 0.25) is 0 Å². The van der Waals surface area contributed by atoms with E-state index in [0.29, 0.717) is 18.5 Å². The van der Waals surface area contributed by atoms with Crippen LogP contribution in [0.3, 0.4) is 0 Å². The van der Waals surface area contributed by atoms with Crippen LogP contribution in [0.4, 0.5) is 18.9 Å². The quantitative estimate of drug-likeness (QED) is 0.746. The fourth-order valence-corrected chi connectivity index (χ4v) is 3.65. The fraction of sp³-hybridized carbons (Fsp3) is 0.333. The predicted molar refractivity (Wildman–Crippen MR) is 101 cm³/mol. The molecule has 2 N–H and O–H groups in total. The van der Waals surface area contributed by atoms with E-state index >= 15 is 0 Å². The van der Waals surface area contributed by atoms with Gasteiger partial charge in [0.15, 0.2) is 11.5 Å². The minimum Gasteiger partial charge on any atom is -0.486 e. The van der Waals surface area contributed by atoms with Crippen LogP contribution in [0.5, 0.6) is 11.5 Å². The number of carbonyl (C=O) groups excluding carboxylic acids is 2. The van der Waals surface area contributed by atoms with Gasteiger partial charge in [-0.25, -0.2) is 4.39 Å². The van der Waals surface area contributed by atoms with Crippen LogP contribution in [0.15, 0.2) is 42.5 Å². The zero-order valence-corrected chi connectivity index (χ0v) is 15.7. The summed E-state index contributed by atoms with van der Waals surface area (Å²) in [6, 6.07) is 9.89. The highest BCUT2D eigenvalue weighted by atomic mass is 19.3. The minimum absolute atomic E-state index is 0.128. The van der Waals surface area contributed by atoms with Crippen LogP contribution in [-0.2, 0) is 9.59 Å². The molecule has 2 amide bonds. The molecule has 1 unspecified atom stereocenters. The smallest absolute Gasteiger partial charge is 0.387 e. The molecule has 2 aliphatic rings. The average Bonchev–Trinajstić information content (AvgIpc) is 2.65. The lowest BCUT2D eigenvalue weighted by molar-refractivity contribution is -0.131. The van der Waals surface area contributed by atoms with E-state index in [-0.39, 0.29) is 35.7 Å². The van der Waals surface area contributed by atoms with Gasteiger partial charge in [-0.05, 0) is 36.6 Å². The van der Waals surface area contributed by atoms with E-state index in [2.05, 4.69) is 15.4 Å². The van der Waals surface area contributed by atoms with E-state index in [1.54, 1.807) is 12.1 Å². The van der Waals surface area contributed by atoms with Crippen molar-refractivity contribution in [3.8, 4) is 11.5 Å². The Morgan fingerprint density at radius 3 is 2.67 bits per heavy atom. The van der Waals surface area contributed by atoms with Gasteiger partial charge in [-0.3, -0.25) is 9.59 Å². The molecule has 1 aliphatic heterocycles. The van der Waals surface area contributed by atoms with E-state index in [1.807, 2.05) is 12.1 Å². The molecule has 9 heteroatoms. The third-order valence-corrected chi connectivity index (χ3v) is 5.20. The average molecular weight is 420 g/mol. The summed E-state index contributed by atoms with van der Waals surface area (Å²) >= 11 is 0. The lowest BCUT2D eigenvalue weighted by atomic mass is 9.81. The second-order valence-corrected chi connectivity index (χ2v) is 7.28. The Balaban J connectivity index is 1.35. The van der Waals surface area contributed by atoms with Gasteiger partial charge in [0.2, 0.25) is 11.8 Å². The van der Waals surface area contributed by atoms with Crippen molar-refractivity contribution in [1.82, 2.24) is 5.32 Å². The van der Waals surface area contributed by atoms with Crippen LogP contribution >= 0.6 is 0 Å². The number of rotatable bonds is 6. The number of halogens is 3. The third kappa shape index (κ3) is 4.34. The molecule has 0 spiro atoms. The Morgan fingerprint density at radius 1 is 1.13 bits per heavy atom. The number of nitrogens with one attached hydrogen (secondary N) is 2. The molecule has 1 aliphatic carbocycles. The predicted octanol–water partition coefficient (Wildman–Crippen LogP) is 3.78. The van der Waals surface area contributed by atoms with Crippen molar-refractivity contribution in [2.45, 2.75) is 38.0 Å². The number of alkyl halides is 2. The molecule has 6 nitrogen and oxygen atoms in total. The Kier molecular flexibility index (Phi) is 5.52. The van der Waals surface area contributed by atoms with Gasteiger partial charge in [-0.15, -0.1) is 0 Å². The van der Waals surface area contributed by atoms with Gasteiger partial charge < -0.3 is 20.1 Å². The van der Waals surface area contributed by atoms with Crippen molar-refractivity contribution in [2.24, 2.45) is 5.92 Å². The molecule has 2 aromatic rings. The van der Waals surface area contributed by atoms with Crippen LogP contribution in [-0.4, -0.2) is 24.5 Å². The monoisotopic (exact) mass is 420 g/mol. The van der Waals surface area contributed by atoms with E-state index in [9.17, 15) is 22.8 Å². The summed E-state index contributed by atoms with van der Waals surface area (Å²) in [5, 5.41) is 5.67. The minimum atomic E-state index is -3.06. The van der Waals surface area contributed by atoms with Gasteiger partial charge in [-0.2, -0.15) is 8.78 Å². The second kappa shape index (κ2) is 8.25. The summed E-state index contributed by atoms with van der Waals surface area (Å²) in [7, 11) is 0. The second-order valence-electron chi connectivity index (χ2n) is 7.28. The van der Waals surface area contributed by atoms with E-state index in [1.165, 1.54) is 0 Å². The summed E-state index contributed by atoms with van der Waals surface area (Å²) in [5.74, 6) is -1.77. The molecule has 1 saturated carbocycles. The number of benzene rings is 2. The Morgan fingerprint density at radius 2 is 1.90 bits per heavy atom. The normalized spacial score (nSPS) is 22.5. The molecule has 2 aromatic carbocycles. The van der Waals surface area contributed by atoms with Gasteiger partial charge >= 0.3 is 6.61 Å². The van der Waals surface area contributed by atoms with E-state index in [4.69, 9.17) is 4.74 Å². The summed E-state index contributed by atoms with van der Waals surface area (Å²) in [5.41, 5.74) is 1.51. The van der Waals surface area contributed by atoms with Crippen LogP contribution in [0.1, 0.15) is 30.9 Å². The van der Waals surface area contributed by atoms with E-state index in [0.717, 1.165) is 23.8 Å². The number of ether oxygens (including phenoxy) is 2. The highest BCUT2D eigenvalue weighted by Gasteiger charge is 2.38. The van der Waals surface area contributed by atoms with Crippen molar-refractivity contribution >= 4 is 17.5 Å². The lowest BCUT2D eigenvalue weighted by Gasteiger charge is -2.36. The van der Waals surface area contributed by atoms with Gasteiger partial charge in [0.1, 0.15) is 11.9 Å². The summed E-state index contributed by atoms with van der Waals surface area (Å²) in [6.07, 6.45) is 0.408. The molecule has 30 heavy (non-hydrogen) atoms. The fourth-order valence-electron chi connectivity index (χ4n) is 3.65. The summed E-state index contributed by atoms with van der Waals surface area (Å²) in [6.45, 7) is -3.06. The Hall–Kier alpha value is -3.23. The Bertz CT molecular complexity index is 963. The summed E-state index contributed by atoms with van der Waals surface area (Å²) in [4.78, 5) is 24.5. The van der Waals surface area contributed by atoms with E-state index < -0.39 is 24.6 Å². The molecular formula is C21H19F3N2O4. The first kappa shape index (κ1) is 20.1. The highest BCUT2D eigenvalue weighted by Crippen LogP contribution is 2.37. The first-order valence-corrected chi connectivity index (χ1v) is 9.49. The van der Waals surface area contributed by atoms with Crippen molar-refractivity contribution < 1.29 is 32.2 Å². The number of anilines is 1. The van der Waals surface area contributed by atoms with Crippen LogP contribution in [0.25, 0.3) is 0 Å². The van der Waals surface area contributed by atoms with Crippen LogP contribution in [0, 0.1) is 11.7 Å². The number of hydrogen-bond acceptors (Lipinski definition) is 4. The zero-order valence-electron chi connectivity index (χ0n) is 15.7. The molecule has 0 radical (unpaired) electrons. The zero-order chi connectivity index (χ0) is 21.3. The molecule has 1 fully saturated rings. The standard InChI is InChI=1S/C21H19F3N2O4/c22-12-5-6-17(30-21(23)24)18(9-12)29-13-7-11(8-13)20(28)26-16-10-19(27)25-15-4-2-1-3-14(15)16/h1-6,9,11,13,16,21H,7-8,10H2,(H,25,27)(H,26,28)/t11-,13-,16?. The number of amides is 2.